The minimum atomic E-state index is -0.365. The number of nitro groups is 1. The molecule has 1 saturated heterocycles. The molecule has 25 heavy (non-hydrogen) atoms. The SMILES string of the molecule is NCCC(=O)NCC1CCCCN1C/C=C/c1ccccc1[N+](=O)[O-]. The van der Waals surface area contributed by atoms with E-state index in [0.29, 0.717) is 37.7 Å². The smallest absolute Gasteiger partial charge is 0.276 e. The van der Waals surface area contributed by atoms with Gasteiger partial charge in [-0.1, -0.05) is 30.7 Å². The highest BCUT2D eigenvalue weighted by Gasteiger charge is 2.21. The van der Waals surface area contributed by atoms with Crippen molar-refractivity contribution in [3.05, 3.63) is 46.0 Å². The van der Waals surface area contributed by atoms with Crippen LogP contribution in [0.15, 0.2) is 30.3 Å². The second kappa shape index (κ2) is 9.90. The molecule has 1 unspecified atom stereocenters. The predicted molar refractivity (Wildman–Crippen MR) is 98.0 cm³/mol. The van der Waals surface area contributed by atoms with Crippen LogP contribution in [0.2, 0.25) is 0 Å². The zero-order chi connectivity index (χ0) is 18.1. The van der Waals surface area contributed by atoms with E-state index in [1.165, 1.54) is 6.07 Å². The molecule has 1 aromatic rings. The first-order valence-corrected chi connectivity index (χ1v) is 8.72. The highest BCUT2D eigenvalue weighted by atomic mass is 16.6. The number of rotatable bonds is 8. The van der Waals surface area contributed by atoms with E-state index in [9.17, 15) is 14.9 Å². The molecular weight excluding hydrogens is 320 g/mol. The van der Waals surface area contributed by atoms with Crippen LogP contribution in [0.5, 0.6) is 0 Å². The lowest BCUT2D eigenvalue weighted by Crippen LogP contribution is -2.46. The molecule has 1 fully saturated rings. The molecule has 2 rings (SSSR count). The van der Waals surface area contributed by atoms with Crippen LogP contribution in [0.4, 0.5) is 5.69 Å². The van der Waals surface area contributed by atoms with E-state index in [1.807, 2.05) is 6.08 Å². The summed E-state index contributed by atoms with van der Waals surface area (Å²) >= 11 is 0. The number of nitrogens with two attached hydrogens (primary N) is 1. The summed E-state index contributed by atoms with van der Waals surface area (Å²) in [5, 5.41) is 14.0. The summed E-state index contributed by atoms with van der Waals surface area (Å²) in [6, 6.07) is 7.01. The van der Waals surface area contributed by atoms with Crippen LogP contribution >= 0.6 is 0 Å². The van der Waals surface area contributed by atoms with Gasteiger partial charge in [-0.05, 0) is 25.5 Å². The number of nitro benzene ring substituents is 1. The molecule has 0 aromatic heterocycles. The monoisotopic (exact) mass is 346 g/mol. The Morgan fingerprint density at radius 2 is 2.20 bits per heavy atom. The summed E-state index contributed by atoms with van der Waals surface area (Å²) in [5.41, 5.74) is 6.11. The highest BCUT2D eigenvalue weighted by Crippen LogP contribution is 2.20. The van der Waals surface area contributed by atoms with Crippen LogP contribution in [0, 0.1) is 10.1 Å². The average Bonchev–Trinajstić information content (AvgIpc) is 2.61. The lowest BCUT2D eigenvalue weighted by molar-refractivity contribution is -0.385. The van der Waals surface area contributed by atoms with E-state index >= 15 is 0 Å². The van der Waals surface area contributed by atoms with Gasteiger partial charge in [0.25, 0.3) is 5.69 Å². The average molecular weight is 346 g/mol. The second-order valence-corrected chi connectivity index (χ2v) is 6.21. The Balaban J connectivity index is 1.93. The molecule has 0 aliphatic carbocycles. The Hall–Kier alpha value is -2.25. The maximum absolute atomic E-state index is 11.6. The third kappa shape index (κ3) is 5.95. The molecule has 1 heterocycles. The van der Waals surface area contributed by atoms with E-state index in [1.54, 1.807) is 24.3 Å². The number of nitrogens with zero attached hydrogens (tertiary/aromatic N) is 2. The van der Waals surface area contributed by atoms with Gasteiger partial charge in [-0.2, -0.15) is 0 Å². The third-order valence-electron chi connectivity index (χ3n) is 4.43. The molecule has 1 amide bonds. The first-order valence-electron chi connectivity index (χ1n) is 8.72. The zero-order valence-electron chi connectivity index (χ0n) is 14.4. The van der Waals surface area contributed by atoms with Crippen LogP contribution in [0.3, 0.4) is 0 Å². The summed E-state index contributed by atoms with van der Waals surface area (Å²) < 4.78 is 0. The summed E-state index contributed by atoms with van der Waals surface area (Å²) in [7, 11) is 0. The molecule has 7 heteroatoms. The van der Waals surface area contributed by atoms with Gasteiger partial charge in [0.05, 0.1) is 10.5 Å². The highest BCUT2D eigenvalue weighted by molar-refractivity contribution is 5.76. The fourth-order valence-corrected chi connectivity index (χ4v) is 3.09. The van der Waals surface area contributed by atoms with Gasteiger partial charge in [0.15, 0.2) is 0 Å². The first kappa shape index (κ1) is 19.1. The standard InChI is InChI=1S/C18H26N4O3/c19-11-10-18(23)20-14-16-8-3-4-12-21(16)13-5-7-15-6-1-2-9-17(15)22(24)25/h1-2,5-7,9,16H,3-4,8,10-14,19H2,(H,20,23)/b7-5+. The summed E-state index contributed by atoms with van der Waals surface area (Å²) in [4.78, 5) is 24.6. The van der Waals surface area contributed by atoms with Crippen molar-refractivity contribution in [2.45, 2.75) is 31.7 Å². The van der Waals surface area contributed by atoms with Crippen LogP contribution in [-0.4, -0.2) is 48.0 Å². The topological polar surface area (TPSA) is 102 Å². The molecule has 0 radical (unpaired) electrons. The van der Waals surface area contributed by atoms with Gasteiger partial charge in [-0.25, -0.2) is 0 Å². The minimum Gasteiger partial charge on any atom is -0.354 e. The Morgan fingerprint density at radius 3 is 2.96 bits per heavy atom. The molecule has 0 bridgehead atoms. The van der Waals surface area contributed by atoms with E-state index in [2.05, 4.69) is 10.2 Å². The zero-order valence-corrected chi connectivity index (χ0v) is 14.4. The summed E-state index contributed by atoms with van der Waals surface area (Å²) in [6.45, 7) is 2.67. The molecule has 3 N–H and O–H groups in total. The van der Waals surface area contributed by atoms with Gasteiger partial charge in [0.2, 0.25) is 5.91 Å². The van der Waals surface area contributed by atoms with E-state index in [4.69, 9.17) is 5.73 Å². The summed E-state index contributed by atoms with van der Waals surface area (Å²) in [6.07, 6.45) is 7.44. The largest absolute Gasteiger partial charge is 0.354 e. The second-order valence-electron chi connectivity index (χ2n) is 6.21. The maximum atomic E-state index is 11.6. The van der Waals surface area contributed by atoms with Crippen molar-refractivity contribution in [1.82, 2.24) is 10.2 Å². The van der Waals surface area contributed by atoms with Gasteiger partial charge >= 0.3 is 0 Å². The Labute approximate surface area is 148 Å². The predicted octanol–water partition coefficient (Wildman–Crippen LogP) is 1.93. The number of benzene rings is 1. The fraction of sp³-hybridized carbons (Fsp3) is 0.500. The van der Waals surface area contributed by atoms with Crippen LogP contribution < -0.4 is 11.1 Å². The van der Waals surface area contributed by atoms with Gasteiger partial charge < -0.3 is 11.1 Å². The lowest BCUT2D eigenvalue weighted by Gasteiger charge is -2.35. The number of hydrogen-bond donors (Lipinski definition) is 2. The molecule has 136 valence electrons. The molecule has 1 aliphatic heterocycles. The quantitative estimate of drug-likeness (QED) is 0.553. The molecule has 1 atom stereocenters. The van der Waals surface area contributed by atoms with Crippen molar-refractivity contribution in [1.29, 1.82) is 0 Å². The number of amides is 1. The molecule has 0 spiro atoms. The third-order valence-corrected chi connectivity index (χ3v) is 4.43. The van der Waals surface area contributed by atoms with Gasteiger partial charge in [-0.15, -0.1) is 0 Å². The van der Waals surface area contributed by atoms with Gasteiger partial charge in [0.1, 0.15) is 0 Å². The van der Waals surface area contributed by atoms with E-state index in [-0.39, 0.29) is 16.5 Å². The van der Waals surface area contributed by atoms with E-state index in [0.717, 1.165) is 25.8 Å². The normalized spacial score (nSPS) is 18.4. The number of piperidine rings is 1. The number of carbonyl (C=O) groups is 1. The van der Waals surface area contributed by atoms with Crippen molar-refractivity contribution in [3.8, 4) is 0 Å². The fourth-order valence-electron chi connectivity index (χ4n) is 3.09. The molecule has 1 aromatic carbocycles. The Kier molecular flexibility index (Phi) is 7.56. The maximum Gasteiger partial charge on any atom is 0.276 e. The first-order chi connectivity index (χ1) is 12.1. The minimum absolute atomic E-state index is 0.0107. The molecule has 1 aliphatic rings. The van der Waals surface area contributed by atoms with Crippen molar-refractivity contribution >= 4 is 17.7 Å². The number of nitrogens with one attached hydrogen (secondary N) is 1. The molecular formula is C18H26N4O3. The van der Waals surface area contributed by atoms with Gasteiger partial charge in [0, 0.05) is 38.2 Å². The number of para-hydroxylation sites is 1. The number of carbonyl (C=O) groups excluding carboxylic acids is 1. The molecule has 0 saturated carbocycles. The van der Waals surface area contributed by atoms with Crippen LogP contribution in [-0.2, 0) is 4.79 Å². The Bertz CT molecular complexity index is 618. The van der Waals surface area contributed by atoms with E-state index < -0.39 is 0 Å². The lowest BCUT2D eigenvalue weighted by atomic mass is 10.0. The van der Waals surface area contributed by atoms with Crippen molar-refractivity contribution in [2.75, 3.05) is 26.2 Å². The van der Waals surface area contributed by atoms with Crippen molar-refractivity contribution < 1.29 is 9.72 Å². The van der Waals surface area contributed by atoms with Crippen molar-refractivity contribution in [2.24, 2.45) is 5.73 Å². The van der Waals surface area contributed by atoms with Crippen LogP contribution in [0.1, 0.15) is 31.2 Å². The molecule has 7 nitrogen and oxygen atoms in total. The number of likely N-dealkylation sites (tertiary alicyclic amines) is 1. The Morgan fingerprint density at radius 1 is 1.40 bits per heavy atom. The van der Waals surface area contributed by atoms with Crippen LogP contribution in [0.25, 0.3) is 6.08 Å². The van der Waals surface area contributed by atoms with Gasteiger partial charge in [-0.3, -0.25) is 19.8 Å². The van der Waals surface area contributed by atoms with Crippen molar-refractivity contribution in [3.63, 3.8) is 0 Å². The summed E-state index contributed by atoms with van der Waals surface area (Å²) in [5.74, 6) is -0.0107. The number of hydrogen-bond acceptors (Lipinski definition) is 5.